The van der Waals surface area contributed by atoms with Crippen molar-refractivity contribution >= 4 is 17.7 Å². The fraction of sp³-hybridized carbons (Fsp3) is 0.357. The maximum Gasteiger partial charge on any atom is 0.161 e. The summed E-state index contributed by atoms with van der Waals surface area (Å²) in [6, 6.07) is 23.0. The Bertz CT molecular complexity index is 1080. The van der Waals surface area contributed by atoms with Crippen LogP contribution in [0.2, 0.25) is 0 Å². The number of aryl methyl sites for hydroxylation is 1. The molecule has 180 valence electrons. The van der Waals surface area contributed by atoms with Gasteiger partial charge in [0.2, 0.25) is 0 Å². The van der Waals surface area contributed by atoms with Gasteiger partial charge in [-0.1, -0.05) is 23.8 Å². The van der Waals surface area contributed by atoms with E-state index in [2.05, 4.69) is 91.2 Å². The highest BCUT2D eigenvalue weighted by Gasteiger charge is 2.33. The maximum atomic E-state index is 5.90. The number of ether oxygens (including phenoxy) is 2. The van der Waals surface area contributed by atoms with E-state index < -0.39 is 0 Å². The van der Waals surface area contributed by atoms with Crippen LogP contribution in [0.1, 0.15) is 25.0 Å². The van der Waals surface area contributed by atoms with Crippen LogP contribution >= 0.6 is 12.0 Å². The molecule has 3 aromatic rings. The minimum absolute atomic E-state index is 0.0296. The molecule has 0 aliphatic carbocycles. The molecule has 0 amide bonds. The molecular formula is C28H34N2O3S. The molecule has 1 fully saturated rings. The first kappa shape index (κ1) is 24.3. The monoisotopic (exact) mass is 478 g/mol. The summed E-state index contributed by atoms with van der Waals surface area (Å²) in [7, 11) is 3.35. The molecule has 0 N–H and O–H groups in total. The van der Waals surface area contributed by atoms with Gasteiger partial charge < -0.3 is 18.6 Å². The van der Waals surface area contributed by atoms with Crippen molar-refractivity contribution in [1.82, 2.24) is 4.90 Å². The summed E-state index contributed by atoms with van der Waals surface area (Å²) in [5, 5.41) is 0. The SMILES string of the molecule is COc1ccc(CN2CCN(c3ccc(OSc4ccc(C)cc4)cc3)CC2(C)C)cc1OC. The number of anilines is 1. The lowest BCUT2D eigenvalue weighted by Gasteiger charge is -2.48. The van der Waals surface area contributed by atoms with Crippen LogP contribution in [0.3, 0.4) is 0 Å². The molecule has 0 saturated carbocycles. The van der Waals surface area contributed by atoms with Crippen molar-refractivity contribution in [3.8, 4) is 17.2 Å². The molecule has 0 atom stereocenters. The van der Waals surface area contributed by atoms with Crippen molar-refractivity contribution in [3.05, 3.63) is 77.9 Å². The zero-order chi connectivity index (χ0) is 24.1. The Kier molecular flexibility index (Phi) is 7.59. The fourth-order valence-corrected chi connectivity index (χ4v) is 4.86. The van der Waals surface area contributed by atoms with Crippen molar-refractivity contribution < 1.29 is 13.7 Å². The Labute approximate surface area is 207 Å². The molecule has 4 rings (SSSR count). The Balaban J connectivity index is 1.35. The van der Waals surface area contributed by atoms with Crippen LogP contribution in [0.25, 0.3) is 0 Å². The van der Waals surface area contributed by atoms with E-state index in [-0.39, 0.29) is 5.54 Å². The molecule has 0 radical (unpaired) electrons. The largest absolute Gasteiger partial charge is 0.493 e. The molecule has 0 aromatic heterocycles. The zero-order valence-corrected chi connectivity index (χ0v) is 21.5. The molecule has 3 aromatic carbocycles. The van der Waals surface area contributed by atoms with E-state index >= 15 is 0 Å². The molecule has 5 nitrogen and oxygen atoms in total. The predicted octanol–water partition coefficient (Wildman–Crippen LogP) is 6.20. The summed E-state index contributed by atoms with van der Waals surface area (Å²) in [6.45, 7) is 10.5. The van der Waals surface area contributed by atoms with Gasteiger partial charge in [-0.15, -0.1) is 0 Å². The van der Waals surface area contributed by atoms with Gasteiger partial charge in [-0.2, -0.15) is 0 Å². The van der Waals surface area contributed by atoms with Gasteiger partial charge in [0.1, 0.15) is 5.75 Å². The molecule has 1 aliphatic heterocycles. The summed E-state index contributed by atoms with van der Waals surface area (Å²) >= 11 is 1.39. The fourth-order valence-electron chi connectivity index (χ4n) is 4.31. The summed E-state index contributed by atoms with van der Waals surface area (Å²) in [4.78, 5) is 6.10. The van der Waals surface area contributed by atoms with Crippen LogP contribution in [0, 0.1) is 6.92 Å². The van der Waals surface area contributed by atoms with Gasteiger partial charge in [-0.05, 0) is 74.9 Å². The lowest BCUT2D eigenvalue weighted by Crippen LogP contribution is -2.58. The smallest absolute Gasteiger partial charge is 0.161 e. The summed E-state index contributed by atoms with van der Waals surface area (Å²) < 4.78 is 16.8. The number of rotatable bonds is 8. The Morgan fingerprint density at radius 2 is 1.56 bits per heavy atom. The van der Waals surface area contributed by atoms with Crippen molar-refractivity contribution in [3.63, 3.8) is 0 Å². The number of benzene rings is 3. The Morgan fingerprint density at radius 3 is 2.21 bits per heavy atom. The number of nitrogens with zero attached hydrogens (tertiary/aromatic N) is 2. The van der Waals surface area contributed by atoms with Gasteiger partial charge in [-0.25, -0.2) is 0 Å². The molecular weight excluding hydrogens is 444 g/mol. The number of methoxy groups -OCH3 is 2. The second kappa shape index (κ2) is 10.6. The van der Waals surface area contributed by atoms with E-state index in [0.29, 0.717) is 0 Å². The van der Waals surface area contributed by atoms with Crippen molar-refractivity contribution in [2.24, 2.45) is 0 Å². The first-order valence-electron chi connectivity index (χ1n) is 11.6. The van der Waals surface area contributed by atoms with Crippen LogP contribution in [-0.4, -0.2) is 44.3 Å². The van der Waals surface area contributed by atoms with Crippen LogP contribution in [-0.2, 0) is 6.54 Å². The Morgan fingerprint density at radius 1 is 0.853 bits per heavy atom. The third-order valence-electron chi connectivity index (χ3n) is 6.35. The number of hydrogen-bond donors (Lipinski definition) is 0. The highest BCUT2D eigenvalue weighted by Crippen LogP contribution is 2.32. The molecule has 6 heteroatoms. The lowest BCUT2D eigenvalue weighted by atomic mass is 9.97. The van der Waals surface area contributed by atoms with Crippen molar-refractivity contribution in [2.45, 2.75) is 37.8 Å². The van der Waals surface area contributed by atoms with Crippen molar-refractivity contribution in [1.29, 1.82) is 0 Å². The average Bonchev–Trinajstić information content (AvgIpc) is 2.85. The van der Waals surface area contributed by atoms with E-state index in [1.165, 1.54) is 28.9 Å². The molecule has 0 spiro atoms. The van der Waals surface area contributed by atoms with Crippen LogP contribution < -0.4 is 18.6 Å². The summed E-state index contributed by atoms with van der Waals surface area (Å²) in [5.74, 6) is 2.40. The molecule has 0 bridgehead atoms. The minimum Gasteiger partial charge on any atom is -0.493 e. The Hall–Kier alpha value is -2.83. The number of hydrogen-bond acceptors (Lipinski definition) is 6. The zero-order valence-electron chi connectivity index (χ0n) is 20.7. The molecule has 0 unspecified atom stereocenters. The van der Waals surface area contributed by atoms with Gasteiger partial charge in [0, 0.05) is 42.3 Å². The van der Waals surface area contributed by atoms with Gasteiger partial charge in [0.15, 0.2) is 11.5 Å². The van der Waals surface area contributed by atoms with Gasteiger partial charge >= 0.3 is 0 Å². The first-order valence-corrected chi connectivity index (χ1v) is 12.3. The van der Waals surface area contributed by atoms with E-state index in [9.17, 15) is 0 Å². The first-order chi connectivity index (χ1) is 16.4. The topological polar surface area (TPSA) is 34.2 Å². The van der Waals surface area contributed by atoms with E-state index in [0.717, 1.165) is 48.3 Å². The highest BCUT2D eigenvalue weighted by molar-refractivity contribution is 7.95. The molecule has 1 heterocycles. The van der Waals surface area contributed by atoms with E-state index in [1.54, 1.807) is 14.2 Å². The molecule has 1 saturated heterocycles. The average molecular weight is 479 g/mol. The third kappa shape index (κ3) is 5.80. The second-order valence-electron chi connectivity index (χ2n) is 9.32. The highest BCUT2D eigenvalue weighted by atomic mass is 32.2. The van der Waals surface area contributed by atoms with Gasteiger partial charge in [0.05, 0.1) is 26.3 Å². The minimum atomic E-state index is 0.0296. The van der Waals surface area contributed by atoms with Crippen molar-refractivity contribution in [2.75, 3.05) is 38.8 Å². The van der Waals surface area contributed by atoms with E-state index in [1.807, 2.05) is 6.07 Å². The lowest BCUT2D eigenvalue weighted by molar-refractivity contribution is 0.0962. The van der Waals surface area contributed by atoms with E-state index in [4.69, 9.17) is 13.7 Å². The predicted molar refractivity (Wildman–Crippen MR) is 140 cm³/mol. The quantitative estimate of drug-likeness (QED) is 0.359. The van der Waals surface area contributed by atoms with Crippen LogP contribution in [0.15, 0.2) is 71.6 Å². The van der Waals surface area contributed by atoms with Crippen LogP contribution in [0.5, 0.6) is 17.2 Å². The number of piperazine rings is 1. The standard InChI is InChI=1S/C28H34N2O3S/c1-21-6-13-25(14-7-21)34-33-24-11-9-23(10-12-24)29-16-17-30(28(2,3)20-29)19-22-8-15-26(31-4)27(18-22)32-5/h6-15,18H,16-17,19-20H2,1-5H3. The van der Waals surface area contributed by atoms with Gasteiger partial charge in [-0.3, -0.25) is 4.90 Å². The van der Waals surface area contributed by atoms with Crippen LogP contribution in [0.4, 0.5) is 5.69 Å². The molecule has 34 heavy (non-hydrogen) atoms. The third-order valence-corrected chi connectivity index (χ3v) is 7.09. The summed E-state index contributed by atoms with van der Waals surface area (Å²) in [5.41, 5.74) is 3.74. The van der Waals surface area contributed by atoms with Gasteiger partial charge in [0.25, 0.3) is 0 Å². The molecule has 1 aliphatic rings. The summed E-state index contributed by atoms with van der Waals surface area (Å²) in [6.07, 6.45) is 0. The maximum absolute atomic E-state index is 5.90. The second-order valence-corrected chi connectivity index (χ2v) is 10.1. The normalized spacial score (nSPS) is 15.7.